The summed E-state index contributed by atoms with van der Waals surface area (Å²) in [6, 6.07) is 2.20. The Kier molecular flexibility index (Phi) is 4.58. The van der Waals surface area contributed by atoms with Gasteiger partial charge in [-0.1, -0.05) is 6.92 Å². The van der Waals surface area contributed by atoms with Crippen LogP contribution < -0.4 is 5.32 Å². The molecule has 1 aliphatic carbocycles. The molecule has 0 fully saturated rings. The van der Waals surface area contributed by atoms with Gasteiger partial charge in [-0.2, -0.15) is 0 Å². The second-order valence-corrected chi connectivity index (χ2v) is 6.22. The summed E-state index contributed by atoms with van der Waals surface area (Å²) in [7, 11) is 0. The largest absolute Gasteiger partial charge is 0.481 e. The van der Waals surface area contributed by atoms with Gasteiger partial charge in [-0.05, 0) is 42.2 Å². The zero-order valence-electron chi connectivity index (χ0n) is 11.0. The summed E-state index contributed by atoms with van der Waals surface area (Å²) in [4.78, 5) is 23.9. The third-order valence-corrected chi connectivity index (χ3v) is 4.44. The van der Waals surface area contributed by atoms with Crippen LogP contribution in [0.3, 0.4) is 0 Å². The number of fused-ring (bicyclic) bond motifs is 1. The summed E-state index contributed by atoms with van der Waals surface area (Å²) in [5, 5.41) is 13.8. The molecule has 104 valence electrons. The topological polar surface area (TPSA) is 66.4 Å². The minimum absolute atomic E-state index is 0.0434. The maximum absolute atomic E-state index is 11.9. The van der Waals surface area contributed by atoms with E-state index in [9.17, 15) is 9.59 Å². The van der Waals surface area contributed by atoms with Gasteiger partial charge < -0.3 is 10.4 Å². The number of carbonyl (C=O) groups is 2. The maximum atomic E-state index is 11.9. The maximum Gasteiger partial charge on any atom is 0.303 e. The van der Waals surface area contributed by atoms with Crippen molar-refractivity contribution in [1.82, 2.24) is 5.32 Å². The number of aliphatic carboxylic acids is 1. The van der Waals surface area contributed by atoms with Crippen molar-refractivity contribution in [3.8, 4) is 0 Å². The number of thiophene rings is 1. The van der Waals surface area contributed by atoms with Gasteiger partial charge in [-0.25, -0.2) is 0 Å². The molecule has 4 nitrogen and oxygen atoms in total. The van der Waals surface area contributed by atoms with Gasteiger partial charge in [0.15, 0.2) is 0 Å². The fraction of sp³-hybridized carbons (Fsp3) is 0.571. The van der Waals surface area contributed by atoms with E-state index in [-0.39, 0.29) is 30.7 Å². The molecule has 0 bridgehead atoms. The third-order valence-electron chi connectivity index (χ3n) is 3.44. The summed E-state index contributed by atoms with van der Waals surface area (Å²) in [5.74, 6) is -1.01. The van der Waals surface area contributed by atoms with E-state index in [2.05, 4.69) is 16.8 Å². The zero-order chi connectivity index (χ0) is 13.8. The van der Waals surface area contributed by atoms with E-state index in [0.29, 0.717) is 0 Å². The predicted molar refractivity (Wildman–Crippen MR) is 74.2 cm³/mol. The van der Waals surface area contributed by atoms with Crippen molar-refractivity contribution in [3.63, 3.8) is 0 Å². The van der Waals surface area contributed by atoms with Crippen molar-refractivity contribution in [2.24, 2.45) is 5.92 Å². The third kappa shape index (κ3) is 3.80. The van der Waals surface area contributed by atoms with Gasteiger partial charge in [0.2, 0.25) is 5.91 Å². The van der Waals surface area contributed by atoms with Gasteiger partial charge in [-0.3, -0.25) is 9.59 Å². The van der Waals surface area contributed by atoms with E-state index in [0.717, 1.165) is 19.3 Å². The van der Waals surface area contributed by atoms with Crippen LogP contribution in [0.25, 0.3) is 0 Å². The Morgan fingerprint density at radius 3 is 3.05 bits per heavy atom. The lowest BCUT2D eigenvalue weighted by Gasteiger charge is -2.24. The van der Waals surface area contributed by atoms with Crippen LogP contribution >= 0.6 is 11.3 Å². The molecule has 19 heavy (non-hydrogen) atoms. The molecule has 2 N–H and O–H groups in total. The molecule has 5 heteroatoms. The summed E-state index contributed by atoms with van der Waals surface area (Å²) < 4.78 is 0. The van der Waals surface area contributed by atoms with E-state index < -0.39 is 5.97 Å². The first-order chi connectivity index (χ1) is 9.06. The predicted octanol–water partition coefficient (Wildman–Crippen LogP) is 2.74. The standard InChI is InChI=1S/C14H19NO3S/c1-9(8-14(17)18)7-13(16)15-11-3-2-4-12-10(11)5-6-19-12/h5-6,9,11H,2-4,7-8H2,1H3,(H,15,16)(H,17,18). The molecule has 1 aromatic heterocycles. The van der Waals surface area contributed by atoms with Crippen LogP contribution in [0, 0.1) is 5.92 Å². The van der Waals surface area contributed by atoms with E-state index in [4.69, 9.17) is 5.11 Å². The quantitative estimate of drug-likeness (QED) is 0.872. The average Bonchev–Trinajstić information content (AvgIpc) is 2.76. The molecule has 2 atom stereocenters. The van der Waals surface area contributed by atoms with Crippen molar-refractivity contribution >= 4 is 23.2 Å². The number of nitrogens with one attached hydrogen (secondary N) is 1. The first kappa shape index (κ1) is 14.1. The summed E-state index contributed by atoms with van der Waals surface area (Å²) >= 11 is 1.75. The fourth-order valence-electron chi connectivity index (χ4n) is 2.58. The van der Waals surface area contributed by atoms with Crippen LogP contribution in [0.4, 0.5) is 0 Å². The number of carboxylic acid groups (broad SMARTS) is 1. The van der Waals surface area contributed by atoms with Crippen LogP contribution in [-0.4, -0.2) is 17.0 Å². The molecule has 0 aliphatic heterocycles. The number of carboxylic acids is 1. The van der Waals surface area contributed by atoms with Crippen molar-refractivity contribution in [1.29, 1.82) is 0 Å². The van der Waals surface area contributed by atoms with Crippen LogP contribution in [0.5, 0.6) is 0 Å². The summed E-state index contributed by atoms with van der Waals surface area (Å²) in [6.07, 6.45) is 3.50. The van der Waals surface area contributed by atoms with Gasteiger partial charge in [0.05, 0.1) is 6.04 Å². The molecule has 2 unspecified atom stereocenters. The normalized spacial score (nSPS) is 19.5. The Morgan fingerprint density at radius 2 is 2.32 bits per heavy atom. The molecule has 1 aromatic rings. The van der Waals surface area contributed by atoms with Gasteiger partial charge in [0, 0.05) is 17.7 Å². The minimum atomic E-state index is -0.849. The van der Waals surface area contributed by atoms with E-state index in [1.807, 2.05) is 0 Å². The Bertz CT molecular complexity index is 469. The molecular formula is C14H19NO3S. The van der Waals surface area contributed by atoms with Gasteiger partial charge in [0.25, 0.3) is 0 Å². The number of hydrogen-bond donors (Lipinski definition) is 2. The van der Waals surface area contributed by atoms with Crippen LogP contribution in [0.15, 0.2) is 11.4 Å². The fourth-order valence-corrected chi connectivity index (χ4v) is 3.56. The van der Waals surface area contributed by atoms with Crippen molar-refractivity contribution in [3.05, 3.63) is 21.9 Å². The monoisotopic (exact) mass is 281 g/mol. The SMILES string of the molecule is CC(CC(=O)O)CC(=O)NC1CCCc2sccc21. The molecule has 0 aromatic carbocycles. The molecule has 0 saturated heterocycles. The average molecular weight is 281 g/mol. The molecule has 2 rings (SSSR count). The first-order valence-corrected chi connectivity index (χ1v) is 7.51. The highest BCUT2D eigenvalue weighted by Crippen LogP contribution is 2.33. The lowest BCUT2D eigenvalue weighted by molar-refractivity contribution is -0.138. The Labute approximate surface area is 116 Å². The number of rotatable bonds is 5. The molecule has 1 aliphatic rings. The van der Waals surface area contributed by atoms with Crippen molar-refractivity contribution in [2.45, 2.75) is 45.1 Å². The van der Waals surface area contributed by atoms with Crippen molar-refractivity contribution < 1.29 is 14.7 Å². The first-order valence-electron chi connectivity index (χ1n) is 6.63. The Hall–Kier alpha value is -1.36. The van der Waals surface area contributed by atoms with E-state index in [1.54, 1.807) is 18.3 Å². The molecular weight excluding hydrogens is 262 g/mol. The number of amides is 1. The number of carbonyl (C=O) groups excluding carboxylic acids is 1. The second kappa shape index (κ2) is 6.19. The van der Waals surface area contributed by atoms with Gasteiger partial charge in [-0.15, -0.1) is 11.3 Å². The van der Waals surface area contributed by atoms with Gasteiger partial charge >= 0.3 is 5.97 Å². The van der Waals surface area contributed by atoms with E-state index in [1.165, 1.54) is 10.4 Å². The summed E-state index contributed by atoms with van der Waals surface area (Å²) in [6.45, 7) is 1.80. The lowest BCUT2D eigenvalue weighted by atomic mass is 9.93. The number of hydrogen-bond acceptors (Lipinski definition) is 3. The summed E-state index contributed by atoms with van der Waals surface area (Å²) in [5.41, 5.74) is 1.25. The zero-order valence-corrected chi connectivity index (χ0v) is 11.8. The van der Waals surface area contributed by atoms with Crippen LogP contribution in [-0.2, 0) is 16.0 Å². The molecule has 0 radical (unpaired) electrons. The van der Waals surface area contributed by atoms with Crippen LogP contribution in [0.2, 0.25) is 0 Å². The molecule has 1 amide bonds. The highest BCUT2D eigenvalue weighted by Gasteiger charge is 2.23. The molecule has 0 spiro atoms. The smallest absolute Gasteiger partial charge is 0.303 e. The van der Waals surface area contributed by atoms with Gasteiger partial charge in [0.1, 0.15) is 0 Å². The minimum Gasteiger partial charge on any atom is -0.481 e. The number of aryl methyl sites for hydroxylation is 1. The molecule has 0 saturated carbocycles. The highest BCUT2D eigenvalue weighted by atomic mass is 32.1. The Balaban J connectivity index is 1.89. The lowest BCUT2D eigenvalue weighted by Crippen LogP contribution is -2.31. The molecule has 1 heterocycles. The second-order valence-electron chi connectivity index (χ2n) is 5.22. The van der Waals surface area contributed by atoms with Crippen molar-refractivity contribution in [2.75, 3.05) is 0 Å². The highest BCUT2D eigenvalue weighted by molar-refractivity contribution is 7.10. The van der Waals surface area contributed by atoms with E-state index >= 15 is 0 Å². The Morgan fingerprint density at radius 1 is 1.53 bits per heavy atom. The van der Waals surface area contributed by atoms with Crippen LogP contribution in [0.1, 0.15) is 49.1 Å².